The summed E-state index contributed by atoms with van der Waals surface area (Å²) < 4.78 is 0. The van der Waals surface area contributed by atoms with Crippen molar-refractivity contribution in [2.24, 2.45) is 5.92 Å². The van der Waals surface area contributed by atoms with Crippen molar-refractivity contribution in [1.29, 1.82) is 0 Å². The second kappa shape index (κ2) is 7.25. The molecule has 1 aliphatic heterocycles. The maximum Gasteiger partial charge on any atom is 0.238 e. The molecule has 0 aromatic rings. The van der Waals surface area contributed by atoms with Crippen molar-refractivity contribution in [2.75, 3.05) is 26.7 Å². The fourth-order valence-corrected chi connectivity index (χ4v) is 3.74. The summed E-state index contributed by atoms with van der Waals surface area (Å²) >= 11 is 0. The summed E-state index contributed by atoms with van der Waals surface area (Å²) in [5, 5.41) is 6.16. The number of nitrogens with one attached hydrogen (secondary N) is 2. The monoisotopic (exact) mass is 267 g/mol. The van der Waals surface area contributed by atoms with Crippen molar-refractivity contribution in [1.82, 2.24) is 15.5 Å². The van der Waals surface area contributed by atoms with Gasteiger partial charge in [-0.25, -0.2) is 0 Å². The Morgan fingerprint density at radius 1 is 1.32 bits per heavy atom. The van der Waals surface area contributed by atoms with Gasteiger partial charge in [-0.05, 0) is 31.6 Å². The molecule has 1 amide bonds. The molecule has 110 valence electrons. The second-order valence-corrected chi connectivity index (χ2v) is 6.04. The number of hydrogen-bond donors (Lipinski definition) is 2. The highest BCUT2D eigenvalue weighted by atomic mass is 16.2. The number of likely N-dealkylation sites (N-methyl/N-ethyl adjacent to an activating group) is 1. The van der Waals surface area contributed by atoms with E-state index in [1.54, 1.807) is 7.05 Å². The van der Waals surface area contributed by atoms with Crippen molar-refractivity contribution in [2.45, 2.75) is 57.5 Å². The van der Waals surface area contributed by atoms with E-state index in [0.717, 1.165) is 25.6 Å². The summed E-state index contributed by atoms with van der Waals surface area (Å²) in [4.78, 5) is 14.4. The van der Waals surface area contributed by atoms with E-state index in [0.29, 0.717) is 6.04 Å². The van der Waals surface area contributed by atoms with Gasteiger partial charge in [0.15, 0.2) is 0 Å². The predicted molar refractivity (Wildman–Crippen MR) is 78.1 cm³/mol. The molecule has 0 aromatic carbocycles. The highest BCUT2D eigenvalue weighted by Crippen LogP contribution is 2.31. The van der Waals surface area contributed by atoms with Crippen LogP contribution in [-0.2, 0) is 4.79 Å². The average molecular weight is 267 g/mol. The van der Waals surface area contributed by atoms with Gasteiger partial charge in [-0.3, -0.25) is 9.69 Å². The normalized spacial score (nSPS) is 33.1. The third-order valence-electron chi connectivity index (χ3n) is 4.82. The largest absolute Gasteiger partial charge is 0.358 e. The lowest BCUT2D eigenvalue weighted by atomic mass is 9.82. The SMILES string of the molecule is CCCC1CCC(N2CCNCC2C(=O)NC)CC1. The van der Waals surface area contributed by atoms with Gasteiger partial charge < -0.3 is 10.6 Å². The van der Waals surface area contributed by atoms with Gasteiger partial charge in [0.25, 0.3) is 0 Å². The molecule has 2 N–H and O–H groups in total. The molecular weight excluding hydrogens is 238 g/mol. The minimum atomic E-state index is 0.0338. The maximum atomic E-state index is 12.0. The molecule has 1 saturated heterocycles. The summed E-state index contributed by atoms with van der Waals surface area (Å²) in [6, 6.07) is 0.656. The molecule has 0 spiro atoms. The van der Waals surface area contributed by atoms with Crippen LogP contribution in [0, 0.1) is 5.92 Å². The third kappa shape index (κ3) is 3.69. The fourth-order valence-electron chi connectivity index (χ4n) is 3.74. The number of piperazine rings is 1. The molecule has 19 heavy (non-hydrogen) atoms. The van der Waals surface area contributed by atoms with E-state index < -0.39 is 0 Å². The molecule has 1 aliphatic carbocycles. The van der Waals surface area contributed by atoms with Crippen LogP contribution in [0.25, 0.3) is 0 Å². The Balaban J connectivity index is 1.90. The number of rotatable bonds is 4. The maximum absolute atomic E-state index is 12.0. The molecule has 1 heterocycles. The zero-order valence-corrected chi connectivity index (χ0v) is 12.5. The van der Waals surface area contributed by atoms with Gasteiger partial charge in [-0.2, -0.15) is 0 Å². The van der Waals surface area contributed by atoms with Gasteiger partial charge in [-0.1, -0.05) is 19.8 Å². The van der Waals surface area contributed by atoms with Crippen LogP contribution in [0.5, 0.6) is 0 Å². The predicted octanol–water partition coefficient (Wildman–Crippen LogP) is 1.37. The van der Waals surface area contributed by atoms with Crippen molar-refractivity contribution in [3.8, 4) is 0 Å². The van der Waals surface area contributed by atoms with Gasteiger partial charge in [0.05, 0.1) is 0 Å². The molecule has 2 rings (SSSR count). The van der Waals surface area contributed by atoms with Crippen LogP contribution in [-0.4, -0.2) is 49.6 Å². The topological polar surface area (TPSA) is 44.4 Å². The number of amides is 1. The first-order valence-electron chi connectivity index (χ1n) is 7.94. The zero-order chi connectivity index (χ0) is 13.7. The van der Waals surface area contributed by atoms with Gasteiger partial charge in [-0.15, -0.1) is 0 Å². The van der Waals surface area contributed by atoms with E-state index >= 15 is 0 Å². The first-order chi connectivity index (χ1) is 9.26. The summed E-state index contributed by atoms with van der Waals surface area (Å²) in [6.45, 7) is 5.11. The first-order valence-corrected chi connectivity index (χ1v) is 7.94. The van der Waals surface area contributed by atoms with Crippen LogP contribution in [0.3, 0.4) is 0 Å². The van der Waals surface area contributed by atoms with E-state index in [2.05, 4.69) is 22.5 Å². The summed E-state index contributed by atoms with van der Waals surface area (Å²) in [7, 11) is 1.74. The zero-order valence-electron chi connectivity index (χ0n) is 12.5. The molecule has 0 radical (unpaired) electrons. The molecule has 0 bridgehead atoms. The lowest BCUT2D eigenvalue weighted by Gasteiger charge is -2.43. The van der Waals surface area contributed by atoms with Gasteiger partial charge in [0.1, 0.15) is 6.04 Å². The number of hydrogen-bond acceptors (Lipinski definition) is 3. The van der Waals surface area contributed by atoms with E-state index in [-0.39, 0.29) is 11.9 Å². The van der Waals surface area contributed by atoms with E-state index in [1.165, 1.54) is 38.5 Å². The molecule has 1 unspecified atom stereocenters. The minimum absolute atomic E-state index is 0.0338. The van der Waals surface area contributed by atoms with E-state index in [1.807, 2.05) is 0 Å². The van der Waals surface area contributed by atoms with Crippen LogP contribution in [0.15, 0.2) is 0 Å². The molecule has 0 aromatic heterocycles. The first kappa shape index (κ1) is 14.8. The Bertz CT molecular complexity index is 287. The number of nitrogens with zero attached hydrogens (tertiary/aromatic N) is 1. The quantitative estimate of drug-likeness (QED) is 0.808. The molecule has 4 heteroatoms. The van der Waals surface area contributed by atoms with E-state index in [9.17, 15) is 4.79 Å². The highest BCUT2D eigenvalue weighted by molar-refractivity contribution is 5.81. The average Bonchev–Trinajstić information content (AvgIpc) is 2.47. The Morgan fingerprint density at radius 3 is 2.68 bits per heavy atom. The van der Waals surface area contributed by atoms with Crippen molar-refractivity contribution >= 4 is 5.91 Å². The number of carbonyl (C=O) groups excluding carboxylic acids is 1. The van der Waals surface area contributed by atoms with Crippen molar-refractivity contribution in [3.63, 3.8) is 0 Å². The molecule has 1 saturated carbocycles. The smallest absolute Gasteiger partial charge is 0.238 e. The van der Waals surface area contributed by atoms with Crippen molar-refractivity contribution < 1.29 is 4.79 Å². The Hall–Kier alpha value is -0.610. The summed E-state index contributed by atoms with van der Waals surface area (Å²) in [5.74, 6) is 1.10. The van der Waals surface area contributed by atoms with Crippen LogP contribution in [0.4, 0.5) is 0 Å². The van der Waals surface area contributed by atoms with Crippen LogP contribution in [0.1, 0.15) is 45.4 Å². The van der Waals surface area contributed by atoms with Crippen LogP contribution >= 0.6 is 0 Å². The molecule has 1 atom stereocenters. The molecule has 4 nitrogen and oxygen atoms in total. The Labute approximate surface area is 117 Å². The Kier molecular flexibility index (Phi) is 5.64. The molecular formula is C15H29N3O. The van der Waals surface area contributed by atoms with Gasteiger partial charge >= 0.3 is 0 Å². The summed E-state index contributed by atoms with van der Waals surface area (Å²) in [5.41, 5.74) is 0. The second-order valence-electron chi connectivity index (χ2n) is 6.04. The summed E-state index contributed by atoms with van der Waals surface area (Å²) in [6.07, 6.45) is 7.94. The molecule has 2 fully saturated rings. The van der Waals surface area contributed by atoms with Crippen LogP contribution in [0.2, 0.25) is 0 Å². The fraction of sp³-hybridized carbons (Fsp3) is 0.933. The van der Waals surface area contributed by atoms with Gasteiger partial charge in [0, 0.05) is 32.7 Å². The third-order valence-corrected chi connectivity index (χ3v) is 4.82. The Morgan fingerprint density at radius 2 is 2.05 bits per heavy atom. The lowest BCUT2D eigenvalue weighted by Crippen LogP contribution is -2.60. The van der Waals surface area contributed by atoms with E-state index in [4.69, 9.17) is 0 Å². The van der Waals surface area contributed by atoms with Crippen molar-refractivity contribution in [3.05, 3.63) is 0 Å². The standard InChI is InChI=1S/C15H29N3O/c1-3-4-12-5-7-13(8-6-12)18-10-9-17-11-14(18)15(19)16-2/h12-14,17H,3-11H2,1-2H3,(H,16,19). The lowest BCUT2D eigenvalue weighted by molar-refractivity contribution is -0.128. The molecule has 2 aliphatic rings. The highest BCUT2D eigenvalue weighted by Gasteiger charge is 2.34. The number of carbonyl (C=O) groups is 1. The minimum Gasteiger partial charge on any atom is -0.358 e. The van der Waals surface area contributed by atoms with Crippen LogP contribution < -0.4 is 10.6 Å². The van der Waals surface area contributed by atoms with Gasteiger partial charge in [0.2, 0.25) is 5.91 Å².